The lowest BCUT2D eigenvalue weighted by atomic mass is 9.98. The van der Waals surface area contributed by atoms with Crippen molar-refractivity contribution in [1.82, 2.24) is 0 Å². The second-order valence-corrected chi connectivity index (χ2v) is 6.61. The number of rotatable bonds is 4. The van der Waals surface area contributed by atoms with Crippen LogP contribution in [0.15, 0.2) is 23.1 Å². The van der Waals surface area contributed by atoms with E-state index in [2.05, 4.69) is 0 Å². The zero-order valence-corrected chi connectivity index (χ0v) is 12.3. The van der Waals surface area contributed by atoms with E-state index >= 15 is 0 Å². The monoisotopic (exact) mass is 329 g/mol. The molecule has 0 bridgehead atoms. The van der Waals surface area contributed by atoms with Crippen LogP contribution in [0.4, 0.5) is 11.4 Å². The SMILES string of the molecule is NS(=O)(=O)c1ccc([N+](=O)[O-])cc1N1CCCC(C(=O)O)C1. The summed E-state index contributed by atoms with van der Waals surface area (Å²) in [5.41, 5.74) is -0.206. The van der Waals surface area contributed by atoms with E-state index in [0.29, 0.717) is 19.4 Å². The van der Waals surface area contributed by atoms with Gasteiger partial charge in [-0.05, 0) is 18.9 Å². The molecule has 1 aliphatic heterocycles. The minimum absolute atomic E-state index is 0.0719. The van der Waals surface area contributed by atoms with Gasteiger partial charge in [0.25, 0.3) is 5.69 Å². The number of carboxylic acid groups (broad SMARTS) is 1. The fourth-order valence-electron chi connectivity index (χ4n) is 2.50. The summed E-state index contributed by atoms with van der Waals surface area (Å²) in [6, 6.07) is 3.25. The molecule has 0 aromatic heterocycles. The van der Waals surface area contributed by atoms with E-state index < -0.39 is 26.8 Å². The predicted octanol–water partition coefficient (Wildman–Crippen LogP) is 0.543. The first kappa shape index (κ1) is 16.2. The van der Waals surface area contributed by atoms with Crippen molar-refractivity contribution < 1.29 is 23.2 Å². The molecule has 3 N–H and O–H groups in total. The maximum absolute atomic E-state index is 11.7. The Hall–Kier alpha value is -2.20. The van der Waals surface area contributed by atoms with Crippen LogP contribution in [0.5, 0.6) is 0 Å². The smallest absolute Gasteiger partial charge is 0.308 e. The molecule has 1 heterocycles. The molecule has 1 aliphatic rings. The van der Waals surface area contributed by atoms with E-state index in [1.54, 1.807) is 0 Å². The van der Waals surface area contributed by atoms with Gasteiger partial charge in [0.1, 0.15) is 4.90 Å². The van der Waals surface area contributed by atoms with Crippen LogP contribution >= 0.6 is 0 Å². The number of nitrogens with two attached hydrogens (primary N) is 1. The molecule has 1 fully saturated rings. The topological polar surface area (TPSA) is 144 Å². The van der Waals surface area contributed by atoms with Crippen LogP contribution in [0, 0.1) is 16.0 Å². The molecule has 9 nitrogen and oxygen atoms in total. The Morgan fingerprint density at radius 3 is 2.68 bits per heavy atom. The number of non-ortho nitro benzene ring substituents is 1. The van der Waals surface area contributed by atoms with Gasteiger partial charge in [-0.15, -0.1) is 0 Å². The maximum Gasteiger partial charge on any atom is 0.308 e. The molecule has 1 aromatic carbocycles. The minimum Gasteiger partial charge on any atom is -0.481 e. The molecule has 1 saturated heterocycles. The van der Waals surface area contributed by atoms with E-state index in [0.717, 1.165) is 18.2 Å². The van der Waals surface area contributed by atoms with Crippen LogP contribution in [-0.4, -0.2) is 37.5 Å². The van der Waals surface area contributed by atoms with Crippen molar-refractivity contribution >= 4 is 27.4 Å². The fourth-order valence-corrected chi connectivity index (χ4v) is 3.24. The number of sulfonamides is 1. The number of hydrogen-bond acceptors (Lipinski definition) is 6. The van der Waals surface area contributed by atoms with Gasteiger partial charge in [0.15, 0.2) is 0 Å². The van der Waals surface area contributed by atoms with Crippen LogP contribution < -0.4 is 10.0 Å². The Morgan fingerprint density at radius 1 is 1.45 bits per heavy atom. The number of nitro groups is 1. The Morgan fingerprint density at radius 2 is 2.14 bits per heavy atom. The first-order chi connectivity index (χ1) is 10.2. The molecule has 1 atom stereocenters. The molecule has 120 valence electrons. The summed E-state index contributed by atoms with van der Waals surface area (Å²) in [6.45, 7) is 0.493. The summed E-state index contributed by atoms with van der Waals surface area (Å²) in [6.07, 6.45) is 1.02. The van der Waals surface area contributed by atoms with Crippen molar-refractivity contribution in [3.05, 3.63) is 28.3 Å². The van der Waals surface area contributed by atoms with Crippen LogP contribution in [0.3, 0.4) is 0 Å². The number of benzene rings is 1. The highest BCUT2D eigenvalue weighted by Gasteiger charge is 2.29. The second-order valence-electron chi connectivity index (χ2n) is 5.08. The molecule has 0 aliphatic carbocycles. The number of piperidine rings is 1. The summed E-state index contributed by atoms with van der Waals surface area (Å²) in [5, 5.41) is 25.1. The molecule has 1 aromatic rings. The number of anilines is 1. The molecule has 0 amide bonds. The standard InChI is InChI=1S/C12H15N3O6S/c13-22(20,21)11-4-3-9(15(18)19)6-10(11)14-5-1-2-8(7-14)12(16)17/h3-4,6,8H,1-2,5,7H2,(H,16,17)(H2,13,20,21). The molecule has 0 saturated carbocycles. The molecule has 2 rings (SSSR count). The third-order valence-electron chi connectivity index (χ3n) is 3.57. The van der Waals surface area contributed by atoms with E-state index in [-0.39, 0.29) is 22.8 Å². The molecule has 10 heteroatoms. The number of hydrogen-bond donors (Lipinski definition) is 2. The van der Waals surface area contributed by atoms with E-state index in [1.165, 1.54) is 4.90 Å². The van der Waals surface area contributed by atoms with Crippen LogP contribution in [0.2, 0.25) is 0 Å². The van der Waals surface area contributed by atoms with E-state index in [4.69, 9.17) is 10.2 Å². The first-order valence-electron chi connectivity index (χ1n) is 6.49. The lowest BCUT2D eigenvalue weighted by Gasteiger charge is -2.33. The molecular formula is C12H15N3O6S. The molecule has 0 spiro atoms. The number of primary sulfonamides is 1. The third-order valence-corrected chi connectivity index (χ3v) is 4.53. The van der Waals surface area contributed by atoms with Crippen molar-refractivity contribution in [2.24, 2.45) is 11.1 Å². The van der Waals surface area contributed by atoms with Crippen molar-refractivity contribution in [1.29, 1.82) is 0 Å². The summed E-state index contributed by atoms with van der Waals surface area (Å²) < 4.78 is 23.3. The second kappa shape index (κ2) is 5.89. The van der Waals surface area contributed by atoms with Gasteiger partial charge in [-0.1, -0.05) is 0 Å². The van der Waals surface area contributed by atoms with Crippen molar-refractivity contribution in [2.45, 2.75) is 17.7 Å². The largest absolute Gasteiger partial charge is 0.481 e. The van der Waals surface area contributed by atoms with Gasteiger partial charge in [0.05, 0.1) is 16.5 Å². The quantitative estimate of drug-likeness (QED) is 0.606. The molecular weight excluding hydrogens is 314 g/mol. The first-order valence-corrected chi connectivity index (χ1v) is 8.04. The van der Waals surface area contributed by atoms with Gasteiger partial charge in [-0.3, -0.25) is 14.9 Å². The van der Waals surface area contributed by atoms with Crippen molar-refractivity contribution in [2.75, 3.05) is 18.0 Å². The van der Waals surface area contributed by atoms with Gasteiger partial charge >= 0.3 is 5.97 Å². The summed E-state index contributed by atoms with van der Waals surface area (Å²) in [7, 11) is -4.07. The summed E-state index contributed by atoms with van der Waals surface area (Å²) in [5.74, 6) is -1.63. The van der Waals surface area contributed by atoms with Gasteiger partial charge in [0.2, 0.25) is 10.0 Å². The normalized spacial score (nSPS) is 19.0. The maximum atomic E-state index is 11.7. The van der Waals surface area contributed by atoms with Crippen LogP contribution in [0.25, 0.3) is 0 Å². The number of aliphatic carboxylic acids is 1. The van der Waals surface area contributed by atoms with Gasteiger partial charge in [-0.25, -0.2) is 13.6 Å². The van der Waals surface area contributed by atoms with Crippen molar-refractivity contribution in [3.8, 4) is 0 Å². The summed E-state index contributed by atoms with van der Waals surface area (Å²) in [4.78, 5) is 22.6. The van der Waals surface area contributed by atoms with Crippen LogP contribution in [0.1, 0.15) is 12.8 Å². The lowest BCUT2D eigenvalue weighted by molar-refractivity contribution is -0.384. The zero-order chi connectivity index (χ0) is 16.5. The number of carbonyl (C=O) groups is 1. The average Bonchev–Trinajstić information content (AvgIpc) is 2.45. The van der Waals surface area contributed by atoms with Crippen LogP contribution in [-0.2, 0) is 14.8 Å². The Bertz CT molecular complexity index is 718. The van der Waals surface area contributed by atoms with E-state index in [1.807, 2.05) is 0 Å². The Kier molecular flexibility index (Phi) is 4.33. The molecule has 22 heavy (non-hydrogen) atoms. The van der Waals surface area contributed by atoms with Gasteiger partial charge in [-0.2, -0.15) is 0 Å². The van der Waals surface area contributed by atoms with Gasteiger partial charge in [0, 0.05) is 25.2 Å². The highest BCUT2D eigenvalue weighted by Crippen LogP contribution is 2.32. The minimum atomic E-state index is -4.07. The number of nitrogens with zero attached hydrogens (tertiary/aromatic N) is 2. The fraction of sp³-hybridized carbons (Fsp3) is 0.417. The molecule has 1 unspecified atom stereocenters. The molecule has 0 radical (unpaired) electrons. The average molecular weight is 329 g/mol. The zero-order valence-electron chi connectivity index (χ0n) is 11.5. The third kappa shape index (κ3) is 3.34. The summed E-state index contributed by atoms with van der Waals surface area (Å²) >= 11 is 0. The Balaban J connectivity index is 2.49. The number of nitro benzene ring substituents is 1. The highest BCUT2D eigenvalue weighted by molar-refractivity contribution is 7.89. The lowest BCUT2D eigenvalue weighted by Crippen LogP contribution is -2.39. The van der Waals surface area contributed by atoms with Gasteiger partial charge < -0.3 is 10.0 Å². The highest BCUT2D eigenvalue weighted by atomic mass is 32.2. The van der Waals surface area contributed by atoms with Crippen molar-refractivity contribution in [3.63, 3.8) is 0 Å². The Labute approximate surface area is 126 Å². The predicted molar refractivity (Wildman–Crippen MR) is 77.0 cm³/mol. The number of carboxylic acids is 1. The van der Waals surface area contributed by atoms with E-state index in [9.17, 15) is 23.3 Å².